The van der Waals surface area contributed by atoms with Gasteiger partial charge in [0.2, 0.25) is 0 Å². The van der Waals surface area contributed by atoms with Crippen LogP contribution in [0.2, 0.25) is 0 Å². The number of hydrogen-bond donors (Lipinski definition) is 1. The molecule has 0 aromatic heterocycles. The van der Waals surface area contributed by atoms with Gasteiger partial charge in [-0.3, -0.25) is 4.99 Å². The van der Waals surface area contributed by atoms with E-state index in [4.69, 9.17) is 18.6 Å². The first kappa shape index (κ1) is 23.7. The molecule has 1 atom stereocenters. The summed E-state index contributed by atoms with van der Waals surface area (Å²) in [4.78, 5) is 4.16. The Kier molecular flexibility index (Phi) is 9.87. The van der Waals surface area contributed by atoms with Crippen LogP contribution in [0.15, 0.2) is 35.3 Å². The second kappa shape index (κ2) is 10.8. The Labute approximate surface area is 175 Å². The molecule has 2 nitrogen and oxygen atoms in total. The van der Waals surface area contributed by atoms with Gasteiger partial charge in [-0.05, 0) is 42.3 Å². The molecule has 6 heteroatoms. The van der Waals surface area contributed by atoms with Gasteiger partial charge in [-0.15, -0.1) is 0 Å². The summed E-state index contributed by atoms with van der Waals surface area (Å²) in [6.45, 7) is 10.6. The summed E-state index contributed by atoms with van der Waals surface area (Å²) in [5.74, 6) is 0.432. The van der Waals surface area contributed by atoms with Crippen LogP contribution in [0.3, 0.4) is 0 Å². The number of rotatable bonds is 3. The molecule has 0 aliphatic rings. The van der Waals surface area contributed by atoms with E-state index < -0.39 is 17.0 Å². The van der Waals surface area contributed by atoms with Gasteiger partial charge in [0.05, 0.1) is 0 Å². The zero-order chi connectivity index (χ0) is 19.9. The minimum atomic E-state index is -0.556. The number of phenolic OH excluding ortho intramolecular Hbond substituents is 1. The van der Waals surface area contributed by atoms with Crippen LogP contribution in [0.1, 0.15) is 43.0 Å². The number of benzene rings is 2. The van der Waals surface area contributed by atoms with Gasteiger partial charge in [0, 0.05) is 29.7 Å². The van der Waals surface area contributed by atoms with Gasteiger partial charge < -0.3 is 5.11 Å². The monoisotopic (exact) mass is 445 g/mol. The predicted octanol–water partition coefficient (Wildman–Crippen LogP) is 5.36. The molecule has 0 spiro atoms. The quantitative estimate of drug-likeness (QED) is 0.385. The van der Waals surface area contributed by atoms with Crippen molar-refractivity contribution in [3.8, 4) is 5.75 Å². The van der Waals surface area contributed by atoms with Crippen molar-refractivity contribution in [2.45, 2.75) is 40.0 Å². The zero-order valence-electron chi connectivity index (χ0n) is 16.1. The molecule has 0 fully saturated rings. The molecule has 2 aromatic carbocycles. The number of phenols is 1. The number of aryl methyl sites for hydroxylation is 2. The molecule has 0 aliphatic heterocycles. The summed E-state index contributed by atoms with van der Waals surface area (Å²) < 4.78 is 0. The van der Waals surface area contributed by atoms with Gasteiger partial charge >= 0.3 is 35.6 Å². The molecule has 0 amide bonds. The summed E-state index contributed by atoms with van der Waals surface area (Å²) in [6.07, 6.45) is 1.90. The second-order valence-corrected chi connectivity index (χ2v) is 11.0. The number of aromatic hydroxyl groups is 1. The van der Waals surface area contributed by atoms with E-state index >= 15 is 0 Å². The fourth-order valence-corrected chi connectivity index (χ4v) is 3.92. The third-order valence-corrected chi connectivity index (χ3v) is 5.18. The van der Waals surface area contributed by atoms with Gasteiger partial charge in [0.15, 0.2) is 0 Å². The molecule has 2 rings (SSSR count). The minimum absolute atomic E-state index is 0.0731. The predicted molar refractivity (Wildman–Crippen MR) is 116 cm³/mol. The molecule has 0 saturated carbocycles. The maximum atomic E-state index is 10.8. The Hall–Kier alpha value is -0.366. The second-order valence-electron chi connectivity index (χ2n) is 7.13. The number of nitrogens with zero attached hydrogens (tertiary/aromatic N) is 1. The maximum absolute atomic E-state index is 10.8. The molecule has 0 saturated heterocycles. The Morgan fingerprint density at radius 1 is 1.04 bits per heavy atom. The van der Waals surface area contributed by atoms with E-state index in [1.807, 2.05) is 6.21 Å². The average Bonchev–Trinajstić information content (AvgIpc) is 2.53. The van der Waals surface area contributed by atoms with Crippen LogP contribution < -0.4 is 10.6 Å². The molecule has 1 unspecified atom stereocenters. The van der Waals surface area contributed by atoms with Crippen LogP contribution in [0.25, 0.3) is 0 Å². The summed E-state index contributed by atoms with van der Waals surface area (Å²) in [5.41, 5.74) is 4.48. The van der Waals surface area contributed by atoms with Crippen molar-refractivity contribution in [3.05, 3.63) is 52.6 Å². The summed E-state index contributed by atoms with van der Waals surface area (Å²) in [7, 11) is 12.0. The molecule has 2 aromatic rings. The van der Waals surface area contributed by atoms with Gasteiger partial charge in [-0.2, -0.15) is 0 Å². The van der Waals surface area contributed by atoms with Crippen molar-refractivity contribution in [3.63, 3.8) is 0 Å². The molecule has 0 bridgehead atoms. The van der Waals surface area contributed by atoms with E-state index in [0.29, 0.717) is 14.3 Å². The van der Waals surface area contributed by atoms with Crippen LogP contribution in [0, 0.1) is 13.8 Å². The normalized spacial score (nSPS) is 11.7. The van der Waals surface area contributed by atoms with Crippen LogP contribution in [0.5, 0.6) is 5.75 Å². The van der Waals surface area contributed by atoms with E-state index in [-0.39, 0.29) is 5.41 Å². The van der Waals surface area contributed by atoms with Gasteiger partial charge in [0.25, 0.3) is 0 Å². The number of aliphatic imine (C=N–C) groups is 1. The molecule has 0 aliphatic carbocycles. The Balaban J connectivity index is 0.00000105. The Morgan fingerprint density at radius 3 is 2.19 bits per heavy atom. The zero-order valence-corrected chi connectivity index (χ0v) is 20.2. The van der Waals surface area contributed by atoms with Crippen LogP contribution in [-0.2, 0) is 22.4 Å². The fourth-order valence-electron chi connectivity index (χ4n) is 2.63. The topological polar surface area (TPSA) is 32.6 Å². The fraction of sp³-hybridized carbons (Fsp3) is 0.350. The Morgan fingerprint density at radius 2 is 1.65 bits per heavy atom. The third-order valence-electron chi connectivity index (χ3n) is 3.81. The van der Waals surface area contributed by atoms with E-state index in [0.717, 1.165) is 16.4 Å². The van der Waals surface area contributed by atoms with Crippen molar-refractivity contribution < 1.29 is 22.1 Å². The molecule has 0 heterocycles. The van der Waals surface area contributed by atoms with Crippen LogP contribution >= 0.6 is 27.2 Å². The summed E-state index contributed by atoms with van der Waals surface area (Å²) in [5, 5.41) is 13.0. The van der Waals surface area contributed by atoms with E-state index in [2.05, 4.69) is 69.9 Å². The van der Waals surface area contributed by atoms with Crippen LogP contribution in [-0.4, -0.2) is 18.4 Å². The Bertz CT molecular complexity index is 773. The average molecular weight is 446 g/mol. The van der Waals surface area contributed by atoms with Gasteiger partial charge in [-0.1, -0.05) is 53.1 Å². The molecule has 26 heavy (non-hydrogen) atoms. The van der Waals surface area contributed by atoms with E-state index in [1.54, 1.807) is 7.05 Å². The first-order chi connectivity index (χ1) is 12.1. The molecular formula is C20H26Cl2NOPTi. The first-order valence-corrected chi connectivity index (χ1v) is 13.5. The van der Waals surface area contributed by atoms with Crippen LogP contribution in [0.4, 0.5) is 0 Å². The standard InChI is InChI=1S/C20H26NOP.2ClH.Ti/c1-13-7-8-17(15(9-13)12-21-6)23-18-11-14(2)10-16(19(18)22)20(3,4)5;;;/h7-12,22-23H,1-6H3;2*1H;/q;;;+2/p-2. The first-order valence-electron chi connectivity index (χ1n) is 8.24. The van der Waals surface area contributed by atoms with Gasteiger partial charge in [0.1, 0.15) is 5.75 Å². The summed E-state index contributed by atoms with van der Waals surface area (Å²) >= 11 is -0.556. The third kappa shape index (κ3) is 6.99. The molecule has 0 radical (unpaired) electrons. The van der Waals surface area contributed by atoms with Crippen molar-refractivity contribution >= 4 is 44.0 Å². The van der Waals surface area contributed by atoms with Crippen molar-refractivity contribution in [1.29, 1.82) is 0 Å². The summed E-state index contributed by atoms with van der Waals surface area (Å²) in [6, 6.07) is 10.6. The number of halogens is 2. The molecular weight excluding hydrogens is 420 g/mol. The van der Waals surface area contributed by atoms with Crippen molar-refractivity contribution in [1.82, 2.24) is 0 Å². The SMILES string of the molecule is CN=Cc1cc(C)ccc1Pc1cc(C)cc(C(C)(C)C)c1O.[Cl][Ti][Cl]. The van der Waals surface area contributed by atoms with E-state index in [9.17, 15) is 5.11 Å². The molecule has 140 valence electrons. The van der Waals surface area contributed by atoms with Crippen molar-refractivity contribution in [2.24, 2.45) is 4.99 Å². The molecule has 1 N–H and O–H groups in total. The van der Waals surface area contributed by atoms with Gasteiger partial charge in [-0.25, -0.2) is 0 Å². The van der Waals surface area contributed by atoms with Crippen molar-refractivity contribution in [2.75, 3.05) is 7.05 Å². The number of hydrogen-bond acceptors (Lipinski definition) is 2. The van der Waals surface area contributed by atoms with E-state index in [1.165, 1.54) is 16.4 Å².